The van der Waals surface area contributed by atoms with E-state index in [-0.39, 0.29) is 13.0 Å². The smallest absolute Gasteiger partial charge is 0.408 e. The lowest BCUT2D eigenvalue weighted by atomic mass is 10.1. The predicted octanol–water partition coefficient (Wildman–Crippen LogP) is 1.37. The molecule has 0 saturated carbocycles. The lowest BCUT2D eigenvalue weighted by Gasteiger charge is -2.25. The normalized spacial score (nSPS) is 30.5. The number of alkyl carbamates (subject to hydrolysis) is 1. The van der Waals surface area contributed by atoms with Gasteiger partial charge in [-0.2, -0.15) is 0 Å². The van der Waals surface area contributed by atoms with Crippen LogP contribution in [0.5, 0.6) is 0 Å². The van der Waals surface area contributed by atoms with Crippen molar-refractivity contribution in [3.63, 3.8) is 0 Å². The van der Waals surface area contributed by atoms with Crippen LogP contribution in [0.2, 0.25) is 0 Å². The highest BCUT2D eigenvalue weighted by Crippen LogP contribution is 2.16. The molecule has 0 aromatic rings. The second kappa shape index (κ2) is 7.78. The first kappa shape index (κ1) is 18.7. The molecule has 128 valence electrons. The lowest BCUT2D eigenvalue weighted by molar-refractivity contribution is -0.159. The van der Waals surface area contributed by atoms with Crippen molar-refractivity contribution in [1.29, 1.82) is 0 Å². The van der Waals surface area contributed by atoms with Crippen LogP contribution in [0.1, 0.15) is 47.5 Å². The molecule has 0 bridgehead atoms. The van der Waals surface area contributed by atoms with Crippen LogP contribution >= 0.6 is 0 Å². The summed E-state index contributed by atoms with van der Waals surface area (Å²) < 4.78 is 15.9. The molecule has 0 spiro atoms. The molecular formula is C15H27NO6. The molecule has 1 rings (SSSR count). The Bertz CT molecular complexity index is 392. The minimum absolute atomic E-state index is 0.234. The van der Waals surface area contributed by atoms with Crippen LogP contribution in [0, 0.1) is 0 Å². The van der Waals surface area contributed by atoms with E-state index in [9.17, 15) is 14.7 Å². The summed E-state index contributed by atoms with van der Waals surface area (Å²) >= 11 is 0. The number of esters is 1. The minimum atomic E-state index is -0.894. The fourth-order valence-electron chi connectivity index (χ4n) is 2.13. The van der Waals surface area contributed by atoms with Crippen LogP contribution in [0.25, 0.3) is 0 Å². The maximum atomic E-state index is 12.1. The Morgan fingerprint density at radius 2 is 2.09 bits per heavy atom. The second-order valence-corrected chi connectivity index (χ2v) is 6.44. The zero-order valence-electron chi connectivity index (χ0n) is 13.9. The Hall–Kier alpha value is -1.34. The molecular weight excluding hydrogens is 290 g/mol. The number of aliphatic hydroxyl groups excluding tert-OH is 1. The number of cyclic esters (lactones) is 1. The van der Waals surface area contributed by atoms with Gasteiger partial charge in [0.05, 0.1) is 6.10 Å². The largest absolute Gasteiger partial charge is 0.458 e. The van der Waals surface area contributed by atoms with Gasteiger partial charge >= 0.3 is 12.1 Å². The third-order valence-electron chi connectivity index (χ3n) is 3.28. The van der Waals surface area contributed by atoms with Crippen LogP contribution in [0.3, 0.4) is 0 Å². The molecule has 0 unspecified atom stereocenters. The Labute approximate surface area is 131 Å². The van der Waals surface area contributed by atoms with Gasteiger partial charge < -0.3 is 24.6 Å². The number of ether oxygens (including phenoxy) is 3. The lowest BCUT2D eigenvalue weighted by Crippen LogP contribution is -2.46. The van der Waals surface area contributed by atoms with Crippen molar-refractivity contribution >= 4 is 12.1 Å². The van der Waals surface area contributed by atoms with Crippen molar-refractivity contribution in [2.24, 2.45) is 0 Å². The van der Waals surface area contributed by atoms with Crippen LogP contribution in [-0.2, 0) is 19.0 Å². The Morgan fingerprint density at radius 1 is 1.45 bits per heavy atom. The molecule has 1 amide bonds. The molecule has 0 aromatic carbocycles. The standard InChI is InChI=1S/C15H27NO6/c1-6-11-12(17)9(2)21-13(18)10(7-8-20-11)16-14(19)22-15(3,4)5/h9-12,17H,6-8H2,1-5H3,(H,16,19)/t9-,10-,11+,12-/m0/s1. The van der Waals surface area contributed by atoms with Gasteiger partial charge in [-0.1, -0.05) is 6.92 Å². The Morgan fingerprint density at radius 3 is 2.64 bits per heavy atom. The number of nitrogens with one attached hydrogen (secondary N) is 1. The Balaban J connectivity index is 2.71. The van der Waals surface area contributed by atoms with Gasteiger partial charge in [-0.05, 0) is 34.1 Å². The fourth-order valence-corrected chi connectivity index (χ4v) is 2.13. The first-order valence-corrected chi connectivity index (χ1v) is 7.63. The van der Waals surface area contributed by atoms with Gasteiger partial charge in [-0.15, -0.1) is 0 Å². The van der Waals surface area contributed by atoms with Gasteiger partial charge in [-0.25, -0.2) is 9.59 Å². The SMILES string of the molecule is CC[C@H]1OCC[C@H](NC(=O)OC(C)(C)C)C(=O)O[C@@H](C)[C@@H]1O. The second-order valence-electron chi connectivity index (χ2n) is 6.44. The number of rotatable bonds is 2. The van der Waals surface area contributed by atoms with E-state index in [4.69, 9.17) is 14.2 Å². The molecule has 7 heteroatoms. The quantitative estimate of drug-likeness (QED) is 0.747. The highest BCUT2D eigenvalue weighted by molar-refractivity contribution is 5.81. The molecule has 22 heavy (non-hydrogen) atoms. The molecule has 0 aromatic heterocycles. The fraction of sp³-hybridized carbons (Fsp3) is 0.867. The average Bonchev–Trinajstić information content (AvgIpc) is 2.42. The third-order valence-corrected chi connectivity index (χ3v) is 3.28. The van der Waals surface area contributed by atoms with Crippen molar-refractivity contribution in [3.8, 4) is 0 Å². The predicted molar refractivity (Wildman–Crippen MR) is 79.4 cm³/mol. The number of carbonyl (C=O) groups excluding carboxylic acids is 2. The van der Waals surface area contributed by atoms with Gasteiger partial charge in [0.2, 0.25) is 0 Å². The van der Waals surface area contributed by atoms with Gasteiger partial charge in [0.25, 0.3) is 0 Å². The van der Waals surface area contributed by atoms with E-state index in [1.54, 1.807) is 27.7 Å². The molecule has 7 nitrogen and oxygen atoms in total. The molecule has 0 radical (unpaired) electrons. The summed E-state index contributed by atoms with van der Waals surface area (Å²) in [6.45, 7) is 8.93. The monoisotopic (exact) mass is 317 g/mol. The summed E-state index contributed by atoms with van der Waals surface area (Å²) in [7, 11) is 0. The van der Waals surface area contributed by atoms with E-state index < -0.39 is 42.0 Å². The van der Waals surface area contributed by atoms with Crippen molar-refractivity contribution in [2.45, 2.75) is 77.4 Å². The molecule has 1 fully saturated rings. The van der Waals surface area contributed by atoms with E-state index in [0.29, 0.717) is 6.42 Å². The Kier molecular flexibility index (Phi) is 6.62. The topological polar surface area (TPSA) is 94.1 Å². The summed E-state index contributed by atoms with van der Waals surface area (Å²) in [6, 6.07) is -0.861. The summed E-state index contributed by atoms with van der Waals surface area (Å²) in [5, 5.41) is 12.6. The van der Waals surface area contributed by atoms with E-state index in [1.807, 2.05) is 6.92 Å². The van der Waals surface area contributed by atoms with Gasteiger partial charge in [0.15, 0.2) is 0 Å². The van der Waals surface area contributed by atoms with Crippen LogP contribution < -0.4 is 5.32 Å². The summed E-state index contributed by atoms with van der Waals surface area (Å²) in [5.74, 6) is -0.599. The molecule has 0 aliphatic carbocycles. The van der Waals surface area contributed by atoms with Crippen molar-refractivity contribution in [3.05, 3.63) is 0 Å². The molecule has 1 heterocycles. The number of hydrogen-bond acceptors (Lipinski definition) is 6. The number of carbonyl (C=O) groups is 2. The van der Waals surface area contributed by atoms with Gasteiger partial charge in [-0.3, -0.25) is 0 Å². The molecule has 1 aliphatic rings. The van der Waals surface area contributed by atoms with Gasteiger partial charge in [0.1, 0.15) is 23.9 Å². The van der Waals surface area contributed by atoms with Crippen molar-refractivity contribution in [1.82, 2.24) is 5.32 Å². The average molecular weight is 317 g/mol. The van der Waals surface area contributed by atoms with Crippen LogP contribution in [0.15, 0.2) is 0 Å². The zero-order valence-corrected chi connectivity index (χ0v) is 13.9. The van der Waals surface area contributed by atoms with E-state index >= 15 is 0 Å². The summed E-state index contributed by atoms with van der Waals surface area (Å²) in [4.78, 5) is 23.9. The summed E-state index contributed by atoms with van der Waals surface area (Å²) in [6.07, 6.45) is -1.83. The highest BCUT2D eigenvalue weighted by Gasteiger charge is 2.33. The van der Waals surface area contributed by atoms with Crippen molar-refractivity contribution < 1.29 is 28.9 Å². The molecule has 4 atom stereocenters. The first-order valence-electron chi connectivity index (χ1n) is 7.63. The third kappa shape index (κ3) is 5.81. The molecule has 2 N–H and O–H groups in total. The maximum absolute atomic E-state index is 12.1. The van der Waals surface area contributed by atoms with E-state index in [2.05, 4.69) is 5.32 Å². The van der Waals surface area contributed by atoms with Crippen LogP contribution in [0.4, 0.5) is 4.79 Å². The van der Waals surface area contributed by atoms with E-state index in [1.165, 1.54) is 0 Å². The first-order chi connectivity index (χ1) is 10.1. The minimum Gasteiger partial charge on any atom is -0.458 e. The maximum Gasteiger partial charge on any atom is 0.408 e. The van der Waals surface area contributed by atoms with Crippen LogP contribution in [-0.4, -0.2) is 53.7 Å². The number of hydrogen-bond donors (Lipinski definition) is 2. The molecule has 1 saturated heterocycles. The van der Waals surface area contributed by atoms with E-state index in [0.717, 1.165) is 0 Å². The van der Waals surface area contributed by atoms with Crippen molar-refractivity contribution in [2.75, 3.05) is 6.61 Å². The zero-order chi connectivity index (χ0) is 16.9. The number of amides is 1. The highest BCUT2D eigenvalue weighted by atomic mass is 16.6. The molecule has 1 aliphatic heterocycles. The summed E-state index contributed by atoms with van der Waals surface area (Å²) in [5.41, 5.74) is -0.653. The van der Waals surface area contributed by atoms with Gasteiger partial charge in [0, 0.05) is 13.0 Å². The number of aliphatic hydroxyl groups is 1.